The minimum absolute atomic E-state index is 0.0348. The highest BCUT2D eigenvalue weighted by molar-refractivity contribution is 7.91. The summed E-state index contributed by atoms with van der Waals surface area (Å²) < 4.78 is 63.0. The van der Waals surface area contributed by atoms with Crippen LogP contribution in [-0.4, -0.2) is 93.2 Å². The van der Waals surface area contributed by atoms with Gasteiger partial charge in [-0.2, -0.15) is 0 Å². The Morgan fingerprint density at radius 2 is 1.82 bits per heavy atom. The number of aromatic nitrogens is 1. The van der Waals surface area contributed by atoms with Crippen LogP contribution in [0.4, 0.5) is 13.6 Å². The number of hydrogen-bond donors (Lipinski definition) is 3. The predicted molar refractivity (Wildman–Crippen MR) is 202 cm³/mol. The van der Waals surface area contributed by atoms with Gasteiger partial charge >= 0.3 is 6.09 Å². The molecule has 0 radical (unpaired) electrons. The largest absolute Gasteiger partial charge is 0.483 e. The van der Waals surface area contributed by atoms with E-state index in [1.54, 1.807) is 13.8 Å². The molecule has 3 fully saturated rings. The van der Waals surface area contributed by atoms with Crippen LogP contribution in [0.2, 0.25) is 0 Å². The molecule has 3 aliphatic heterocycles. The lowest BCUT2D eigenvalue weighted by molar-refractivity contribution is -0.143. The number of rotatable bonds is 5. The average Bonchev–Trinajstić information content (AvgIpc) is 4.00. The van der Waals surface area contributed by atoms with Crippen molar-refractivity contribution >= 4 is 44.7 Å². The molecule has 5 aliphatic rings. The number of halogens is 2. The number of aryl methyl sites for hydroxylation is 2. The lowest BCUT2D eigenvalue weighted by Gasteiger charge is -2.38. The SMILES string of the molecule is Cc1nc2cc(F)c(F)cc2c2c1O[C@]1(CC2)C[C@H]2C(=O)N[C@]3(C(=O)NS(=O)(=O)C4(C)CC4)C[C@H]3/C=C\CCCCC[C@H](N(CC(C)(C)C)C(=O)O)C(=O)N2C1. The predicted octanol–water partition coefficient (Wildman–Crippen LogP) is 5.27. The number of allylic oxidation sites excluding steroid dienone is 1. The van der Waals surface area contributed by atoms with Crippen LogP contribution in [0.1, 0.15) is 103 Å². The van der Waals surface area contributed by atoms with Crippen molar-refractivity contribution < 1.29 is 46.2 Å². The molecule has 2 aromatic rings. The van der Waals surface area contributed by atoms with E-state index >= 15 is 0 Å². The number of nitrogens with one attached hydrogen (secondary N) is 2. The minimum atomic E-state index is -4.04. The standard InChI is InChI=1S/C40H51F2N5O8S/c1-23-32-25(26-17-27(41)28(42)18-29(26)43-23)13-14-39(55-32)20-31-33(48)44-40(35(50)45-56(53,54)38(5)15-16-38)19-24(40)11-9-7-6-8-10-12-30(34(49)46(31)22-39)47(36(51)52)21-37(2,3)4/h9,11,17-18,24,30-31H,6-8,10,12-16,19-22H2,1-5H3,(H,44,48)(H,45,50)(H,51,52)/b11-9-/t24-,30+,31+,39-,40-/m1/s1. The first-order valence-corrected chi connectivity index (χ1v) is 21.0. The molecule has 0 bridgehead atoms. The van der Waals surface area contributed by atoms with Gasteiger partial charge < -0.3 is 20.1 Å². The van der Waals surface area contributed by atoms with Gasteiger partial charge in [0.2, 0.25) is 21.8 Å². The average molecular weight is 800 g/mol. The number of sulfonamides is 1. The first-order chi connectivity index (χ1) is 26.2. The molecule has 56 heavy (non-hydrogen) atoms. The number of carbonyl (C=O) groups is 4. The van der Waals surface area contributed by atoms with Crippen molar-refractivity contribution in [2.75, 3.05) is 13.1 Å². The number of carbonyl (C=O) groups excluding carboxylic acids is 3. The van der Waals surface area contributed by atoms with E-state index in [0.29, 0.717) is 60.9 Å². The van der Waals surface area contributed by atoms with E-state index in [2.05, 4.69) is 15.0 Å². The lowest BCUT2D eigenvalue weighted by Crippen LogP contribution is -2.59. The Kier molecular flexibility index (Phi) is 9.93. The van der Waals surface area contributed by atoms with E-state index in [1.165, 1.54) is 4.90 Å². The molecular formula is C40H51F2N5O8S. The Labute approximate surface area is 325 Å². The normalized spacial score (nSPS) is 29.5. The maximum Gasteiger partial charge on any atom is 0.407 e. The number of nitrogens with zero attached hydrogens (tertiary/aromatic N) is 3. The summed E-state index contributed by atoms with van der Waals surface area (Å²) in [5.74, 6) is -4.33. The molecular weight excluding hydrogens is 749 g/mol. The van der Waals surface area contributed by atoms with E-state index in [9.17, 15) is 41.5 Å². The topological polar surface area (TPSA) is 175 Å². The molecule has 4 amide bonds. The second kappa shape index (κ2) is 13.9. The number of benzene rings is 1. The van der Waals surface area contributed by atoms with E-state index < -0.39 is 84.8 Å². The van der Waals surface area contributed by atoms with Crippen LogP contribution in [0.15, 0.2) is 24.3 Å². The van der Waals surface area contributed by atoms with Gasteiger partial charge in [0, 0.05) is 35.9 Å². The highest BCUT2D eigenvalue weighted by Crippen LogP contribution is 2.49. The fourth-order valence-corrected chi connectivity index (χ4v) is 9.96. The van der Waals surface area contributed by atoms with Crippen molar-refractivity contribution in [3.63, 3.8) is 0 Å². The second-order valence-electron chi connectivity index (χ2n) is 18.0. The van der Waals surface area contributed by atoms with Crippen LogP contribution >= 0.6 is 0 Å². The molecule has 13 nitrogen and oxygen atoms in total. The van der Waals surface area contributed by atoms with Gasteiger partial charge in [-0.05, 0) is 76.7 Å². The molecule has 304 valence electrons. The van der Waals surface area contributed by atoms with Gasteiger partial charge in [-0.3, -0.25) is 24.0 Å². The first kappa shape index (κ1) is 39.9. The van der Waals surface area contributed by atoms with E-state index in [0.717, 1.165) is 23.5 Å². The molecule has 1 aromatic heterocycles. The van der Waals surface area contributed by atoms with Crippen LogP contribution in [-0.2, 0) is 30.8 Å². The summed E-state index contributed by atoms with van der Waals surface area (Å²) >= 11 is 0. The van der Waals surface area contributed by atoms with E-state index in [-0.39, 0.29) is 44.3 Å². The molecule has 3 N–H and O–H groups in total. The summed E-state index contributed by atoms with van der Waals surface area (Å²) in [5.41, 5.74) is -1.97. The van der Waals surface area contributed by atoms with Crippen molar-refractivity contribution in [1.29, 1.82) is 0 Å². The monoisotopic (exact) mass is 799 g/mol. The maximum absolute atomic E-state index is 15.0. The van der Waals surface area contributed by atoms with Gasteiger partial charge in [-0.1, -0.05) is 45.8 Å². The van der Waals surface area contributed by atoms with E-state index in [4.69, 9.17) is 4.74 Å². The Hall–Kier alpha value is -4.34. The molecule has 2 saturated carbocycles. The molecule has 7 rings (SSSR count). The molecule has 16 heteroatoms. The van der Waals surface area contributed by atoms with Gasteiger partial charge in [0.25, 0.3) is 5.91 Å². The first-order valence-electron chi connectivity index (χ1n) is 19.5. The zero-order chi connectivity index (χ0) is 40.6. The van der Waals surface area contributed by atoms with Crippen molar-refractivity contribution in [2.45, 2.75) is 133 Å². The number of carboxylic acid groups (broad SMARTS) is 1. The summed E-state index contributed by atoms with van der Waals surface area (Å²) in [4.78, 5) is 63.5. The number of pyridine rings is 1. The summed E-state index contributed by atoms with van der Waals surface area (Å²) in [7, 11) is -4.04. The van der Waals surface area contributed by atoms with Crippen LogP contribution in [0, 0.1) is 29.9 Å². The lowest BCUT2D eigenvalue weighted by atomic mass is 9.87. The molecule has 5 atom stereocenters. The third kappa shape index (κ3) is 7.33. The molecule has 1 saturated heterocycles. The fraction of sp³-hybridized carbons (Fsp3) is 0.625. The number of ether oxygens (including phenoxy) is 1. The minimum Gasteiger partial charge on any atom is -0.483 e. The van der Waals surface area contributed by atoms with Crippen LogP contribution in [0.25, 0.3) is 10.9 Å². The van der Waals surface area contributed by atoms with E-state index in [1.807, 2.05) is 32.9 Å². The van der Waals surface area contributed by atoms with Crippen molar-refractivity contribution in [2.24, 2.45) is 11.3 Å². The van der Waals surface area contributed by atoms with Crippen molar-refractivity contribution in [3.05, 3.63) is 47.2 Å². The van der Waals surface area contributed by atoms with Gasteiger partial charge in [0.1, 0.15) is 29.0 Å². The fourth-order valence-electron chi connectivity index (χ4n) is 8.64. The third-order valence-electron chi connectivity index (χ3n) is 12.3. The molecule has 1 spiro atoms. The van der Waals surface area contributed by atoms with Gasteiger partial charge in [-0.15, -0.1) is 0 Å². The summed E-state index contributed by atoms with van der Waals surface area (Å²) in [6.45, 7) is 8.82. The van der Waals surface area contributed by atoms with Gasteiger partial charge in [-0.25, -0.2) is 27.0 Å². The summed E-state index contributed by atoms with van der Waals surface area (Å²) in [5, 5.41) is 13.8. The second-order valence-corrected chi connectivity index (χ2v) is 20.2. The summed E-state index contributed by atoms with van der Waals surface area (Å²) in [6.07, 6.45) is 6.83. The van der Waals surface area contributed by atoms with Crippen LogP contribution in [0.5, 0.6) is 5.75 Å². The molecule has 1 aromatic carbocycles. The van der Waals surface area contributed by atoms with Gasteiger partial charge in [0.05, 0.1) is 22.5 Å². The smallest absolute Gasteiger partial charge is 0.407 e. The van der Waals surface area contributed by atoms with Crippen molar-refractivity contribution in [3.8, 4) is 5.75 Å². The Balaban J connectivity index is 1.28. The highest BCUT2D eigenvalue weighted by Gasteiger charge is 2.64. The molecule has 0 unspecified atom stereocenters. The maximum atomic E-state index is 15.0. The Bertz CT molecular complexity index is 2140. The zero-order valence-electron chi connectivity index (χ0n) is 32.5. The van der Waals surface area contributed by atoms with Gasteiger partial charge in [0.15, 0.2) is 11.6 Å². The Morgan fingerprint density at radius 1 is 1.11 bits per heavy atom. The number of hydrogen-bond acceptors (Lipinski definition) is 8. The third-order valence-corrected chi connectivity index (χ3v) is 14.4. The quantitative estimate of drug-likeness (QED) is 0.340. The summed E-state index contributed by atoms with van der Waals surface area (Å²) in [6, 6.07) is -0.238. The van der Waals surface area contributed by atoms with Crippen molar-refractivity contribution in [1.82, 2.24) is 24.8 Å². The van der Waals surface area contributed by atoms with Crippen LogP contribution in [0.3, 0.4) is 0 Å². The molecule has 2 aliphatic carbocycles. The zero-order valence-corrected chi connectivity index (χ0v) is 33.4. The molecule has 4 heterocycles. The Morgan fingerprint density at radius 3 is 2.50 bits per heavy atom. The van der Waals surface area contributed by atoms with Crippen LogP contribution < -0.4 is 14.8 Å². The number of fused-ring (bicyclic) bond motifs is 5. The number of amides is 4. The highest BCUT2D eigenvalue weighted by atomic mass is 32.2.